The smallest absolute Gasteiger partial charge is 0.397 e. The van der Waals surface area contributed by atoms with E-state index in [0.29, 0.717) is 0 Å². The molecule has 3 rings (SSSR count). The van der Waals surface area contributed by atoms with Gasteiger partial charge in [0, 0.05) is 24.0 Å². The highest BCUT2D eigenvalue weighted by atomic mass is 32.3. The number of pyridine rings is 1. The third kappa shape index (κ3) is 7.37. The number of aromatic hydroxyl groups is 1. The molecule has 0 fully saturated rings. The van der Waals surface area contributed by atoms with Gasteiger partial charge in [0.15, 0.2) is 16.8 Å². The Kier molecular flexibility index (Phi) is 9.71. The van der Waals surface area contributed by atoms with Gasteiger partial charge in [-0.1, -0.05) is 12.1 Å². The molecule has 41 heavy (non-hydrogen) atoms. The predicted molar refractivity (Wildman–Crippen MR) is 142 cm³/mol. The Morgan fingerprint density at radius 1 is 1.10 bits per heavy atom. The van der Waals surface area contributed by atoms with Crippen molar-refractivity contribution in [2.75, 3.05) is 19.8 Å². The molecule has 0 saturated carbocycles. The van der Waals surface area contributed by atoms with E-state index >= 15 is 0 Å². The maximum atomic E-state index is 12.9. The number of benzene rings is 2. The lowest BCUT2D eigenvalue weighted by atomic mass is 10.1. The Hall–Kier alpha value is -3.63. The first-order valence-corrected chi connectivity index (χ1v) is 15.0. The molecule has 20 heteroatoms. The number of rotatable bonds is 12. The third-order valence-electron chi connectivity index (χ3n) is 5.39. The van der Waals surface area contributed by atoms with Crippen molar-refractivity contribution in [1.29, 1.82) is 0 Å². The van der Waals surface area contributed by atoms with Gasteiger partial charge in [-0.3, -0.25) is 27.4 Å². The van der Waals surface area contributed by atoms with Crippen molar-refractivity contribution in [1.82, 2.24) is 4.57 Å². The van der Waals surface area contributed by atoms with Crippen molar-refractivity contribution in [3.8, 4) is 5.88 Å². The lowest BCUT2D eigenvalue weighted by Gasteiger charge is -2.14. The Bertz CT molecular complexity index is 1850. The molecule has 222 valence electrons. The number of fused-ring (bicyclic) bond motifs is 1. The van der Waals surface area contributed by atoms with Crippen molar-refractivity contribution in [3.05, 3.63) is 51.8 Å². The molecule has 0 spiro atoms. The van der Waals surface area contributed by atoms with Crippen LogP contribution in [0.3, 0.4) is 0 Å². The summed E-state index contributed by atoms with van der Waals surface area (Å²) >= 11 is -2.16. The van der Waals surface area contributed by atoms with Gasteiger partial charge in [0.1, 0.15) is 16.1 Å². The first-order valence-electron chi connectivity index (χ1n) is 11.2. The quantitative estimate of drug-likeness (QED) is 0.104. The van der Waals surface area contributed by atoms with Crippen LogP contribution in [0.4, 0.5) is 11.4 Å². The van der Waals surface area contributed by atoms with E-state index in [0.717, 1.165) is 10.6 Å². The molecule has 1 amide bonds. The fourth-order valence-electron chi connectivity index (χ4n) is 3.70. The summed E-state index contributed by atoms with van der Waals surface area (Å²) in [5, 5.41) is 18.0. The second kappa shape index (κ2) is 12.5. The van der Waals surface area contributed by atoms with Gasteiger partial charge in [0.25, 0.3) is 21.6 Å². The van der Waals surface area contributed by atoms with E-state index in [4.69, 9.17) is 20.2 Å². The monoisotopic (exact) mass is 633 g/mol. The Labute approximate surface area is 234 Å². The first-order chi connectivity index (χ1) is 19.1. The van der Waals surface area contributed by atoms with Gasteiger partial charge < -0.3 is 16.6 Å². The number of amides is 1. The van der Waals surface area contributed by atoms with Crippen LogP contribution in [0, 0.1) is 6.92 Å². The number of nitrogens with two attached hydrogens (primary N) is 2. The summed E-state index contributed by atoms with van der Waals surface area (Å²) < 4.78 is 86.4. The molecule has 0 radical (unpaired) electrons. The number of hydrogen-bond donors (Lipinski definition) is 5. The summed E-state index contributed by atoms with van der Waals surface area (Å²) in [5.74, 6) is -1.80. The van der Waals surface area contributed by atoms with Gasteiger partial charge >= 0.3 is 10.4 Å². The normalized spacial score (nSPS) is 13.2. The number of primary amides is 1. The number of azo groups is 1. The highest BCUT2D eigenvalue weighted by Gasteiger charge is 2.24. The van der Waals surface area contributed by atoms with E-state index in [1.54, 1.807) is 0 Å². The molecule has 0 aliphatic rings. The average Bonchev–Trinajstić information content (AvgIpc) is 2.86. The van der Waals surface area contributed by atoms with E-state index in [9.17, 15) is 40.3 Å². The maximum Gasteiger partial charge on any atom is 0.397 e. The third-order valence-corrected chi connectivity index (χ3v) is 7.82. The summed E-state index contributed by atoms with van der Waals surface area (Å²) in [6.45, 7) is -0.148. The Morgan fingerprint density at radius 3 is 2.37 bits per heavy atom. The second-order valence-corrected chi connectivity index (χ2v) is 11.7. The van der Waals surface area contributed by atoms with Crippen LogP contribution in [0.15, 0.2) is 55.1 Å². The number of hydrogen-bond acceptors (Lipinski definition) is 13. The van der Waals surface area contributed by atoms with E-state index in [1.165, 1.54) is 31.2 Å². The van der Waals surface area contributed by atoms with Gasteiger partial charge in [-0.25, -0.2) is 8.39 Å². The summed E-state index contributed by atoms with van der Waals surface area (Å²) in [7, 11) is -9.68. The van der Waals surface area contributed by atoms with Gasteiger partial charge in [-0.15, -0.1) is 10.2 Å². The molecular weight excluding hydrogens is 610 g/mol. The van der Waals surface area contributed by atoms with Crippen LogP contribution in [-0.2, 0) is 46.5 Å². The minimum atomic E-state index is -4.97. The summed E-state index contributed by atoms with van der Waals surface area (Å²) in [6.07, 6.45) is 0. The van der Waals surface area contributed by atoms with Gasteiger partial charge in [-0.05, 0) is 30.5 Å². The molecule has 1 atom stereocenters. The first kappa shape index (κ1) is 31.9. The van der Waals surface area contributed by atoms with E-state index in [1.807, 2.05) is 0 Å². The van der Waals surface area contributed by atoms with E-state index < -0.39 is 84.0 Å². The van der Waals surface area contributed by atoms with Crippen LogP contribution in [0.25, 0.3) is 10.8 Å². The van der Waals surface area contributed by atoms with Crippen LogP contribution in [0.2, 0.25) is 0 Å². The van der Waals surface area contributed by atoms with Crippen molar-refractivity contribution < 1.29 is 48.4 Å². The molecule has 3 aromatic rings. The van der Waals surface area contributed by atoms with Gasteiger partial charge in [0.2, 0.25) is 5.88 Å². The van der Waals surface area contributed by atoms with Crippen molar-refractivity contribution in [2.24, 2.45) is 21.7 Å². The van der Waals surface area contributed by atoms with Crippen molar-refractivity contribution >= 4 is 59.7 Å². The number of carbonyl (C=O) groups is 1. The van der Waals surface area contributed by atoms with Gasteiger partial charge in [0.05, 0.1) is 18.1 Å². The maximum absolute atomic E-state index is 12.9. The molecule has 1 aromatic heterocycles. The zero-order chi connectivity index (χ0) is 30.7. The van der Waals surface area contributed by atoms with Crippen molar-refractivity contribution in [2.45, 2.75) is 23.3 Å². The van der Waals surface area contributed by atoms with Crippen LogP contribution in [-0.4, -0.2) is 65.5 Å². The molecule has 0 aliphatic heterocycles. The highest BCUT2D eigenvalue weighted by molar-refractivity contribution is 7.86. The zero-order valence-electron chi connectivity index (χ0n) is 21.0. The Balaban J connectivity index is 2.07. The largest absolute Gasteiger partial charge is 0.494 e. The minimum Gasteiger partial charge on any atom is -0.494 e. The van der Waals surface area contributed by atoms with Crippen LogP contribution < -0.4 is 17.0 Å². The molecule has 17 nitrogen and oxygen atoms in total. The highest BCUT2D eigenvalue weighted by Crippen LogP contribution is 2.35. The fraction of sp³-hybridized carbons (Fsp3) is 0.238. The zero-order valence-corrected chi connectivity index (χ0v) is 23.4. The fourth-order valence-corrected chi connectivity index (χ4v) is 5.57. The number of aromatic nitrogens is 1. The van der Waals surface area contributed by atoms with E-state index in [-0.39, 0.29) is 34.3 Å². The SMILES string of the molecule is Cc1c(C(N)=O)c(O)n(CCN)c(=O)c1N=Nc1ccc2cc(S(=O)OCCOS(=O)(=O)O)ccc2c1S(=O)(=O)O. The average molecular weight is 634 g/mol. The Morgan fingerprint density at radius 2 is 1.78 bits per heavy atom. The molecule has 0 aliphatic carbocycles. The van der Waals surface area contributed by atoms with Crippen molar-refractivity contribution in [3.63, 3.8) is 0 Å². The summed E-state index contributed by atoms with van der Waals surface area (Å²) in [5.41, 5.74) is 8.48. The molecule has 0 bridgehead atoms. The van der Waals surface area contributed by atoms with Crippen LogP contribution >= 0.6 is 0 Å². The molecule has 1 heterocycles. The lowest BCUT2D eigenvalue weighted by molar-refractivity contribution is 0.0995. The minimum absolute atomic E-state index is 0.0270. The second-order valence-electron chi connectivity index (χ2n) is 8.06. The van der Waals surface area contributed by atoms with Crippen LogP contribution in [0.5, 0.6) is 5.88 Å². The molecule has 0 saturated heterocycles. The molecule has 1 unspecified atom stereocenters. The predicted octanol–water partition coefficient (Wildman–Crippen LogP) is 0.594. The lowest BCUT2D eigenvalue weighted by Crippen LogP contribution is -2.28. The molecule has 2 aromatic carbocycles. The molecular formula is C21H23N5O12S3. The van der Waals surface area contributed by atoms with Gasteiger partial charge in [-0.2, -0.15) is 16.8 Å². The van der Waals surface area contributed by atoms with Crippen LogP contribution in [0.1, 0.15) is 15.9 Å². The number of carbonyl (C=O) groups excluding carboxylic acids is 1. The topological polar surface area (TPSA) is 280 Å². The van der Waals surface area contributed by atoms with E-state index in [2.05, 4.69) is 14.4 Å². The summed E-state index contributed by atoms with van der Waals surface area (Å²) in [4.78, 5) is 24.1. The standard InChI is InChI=1S/C21H23N5O12S3/c1-11-16(19(23)27)20(28)26(7-6-22)21(29)17(11)25-24-15-5-2-12-10-13(3-4-14(12)18(15)40(31,32)33)39(30)37-8-9-38-41(34,35)36/h2-5,10,28H,6-9,22H2,1H3,(H2,23,27)(H,31,32,33)(H,34,35,36). The number of nitrogens with zero attached hydrogens (tertiary/aromatic N) is 3. The molecule has 7 N–H and O–H groups in total. The summed E-state index contributed by atoms with van der Waals surface area (Å²) in [6, 6.07) is 6.12.